The third-order valence-electron chi connectivity index (χ3n) is 3.87. The summed E-state index contributed by atoms with van der Waals surface area (Å²) in [6.07, 6.45) is 0. The topological polar surface area (TPSA) is 33.3 Å². The Bertz CT molecular complexity index is 804. The van der Waals surface area contributed by atoms with Gasteiger partial charge in [0.15, 0.2) is 0 Å². The van der Waals surface area contributed by atoms with Crippen molar-refractivity contribution in [1.29, 1.82) is 0 Å². The molecule has 0 aliphatic carbocycles. The molecule has 25 heavy (non-hydrogen) atoms. The van der Waals surface area contributed by atoms with Crippen molar-refractivity contribution in [2.75, 3.05) is 23.7 Å². The number of halogens is 1. The van der Waals surface area contributed by atoms with Crippen LogP contribution in [0.25, 0.3) is 0 Å². The molecular formula is C21H21ClN2O. The molecule has 0 bridgehead atoms. The van der Waals surface area contributed by atoms with Crippen molar-refractivity contribution < 1.29 is 4.74 Å². The summed E-state index contributed by atoms with van der Waals surface area (Å²) in [7, 11) is 0. The second-order valence-corrected chi connectivity index (χ2v) is 6.11. The van der Waals surface area contributed by atoms with E-state index in [0.29, 0.717) is 0 Å². The lowest BCUT2D eigenvalue weighted by atomic mass is 10.2. The molecule has 0 spiro atoms. The van der Waals surface area contributed by atoms with E-state index in [1.165, 1.54) is 0 Å². The van der Waals surface area contributed by atoms with Crippen LogP contribution in [0.4, 0.5) is 11.4 Å². The molecule has 0 radical (unpaired) electrons. The summed E-state index contributed by atoms with van der Waals surface area (Å²) in [5.41, 5.74) is 3.21. The van der Waals surface area contributed by atoms with Gasteiger partial charge in [0.25, 0.3) is 0 Å². The van der Waals surface area contributed by atoms with Gasteiger partial charge < -0.3 is 15.4 Å². The molecule has 3 rings (SSSR count). The highest BCUT2D eigenvalue weighted by Crippen LogP contribution is 2.23. The predicted molar refractivity (Wildman–Crippen MR) is 106 cm³/mol. The highest BCUT2D eigenvalue weighted by atomic mass is 35.5. The molecule has 0 aromatic heterocycles. The summed E-state index contributed by atoms with van der Waals surface area (Å²) in [5.74, 6) is 1.66. The lowest BCUT2D eigenvalue weighted by Crippen LogP contribution is -2.14. The van der Waals surface area contributed by atoms with Gasteiger partial charge >= 0.3 is 0 Å². The average Bonchev–Trinajstić information content (AvgIpc) is 2.64. The first-order valence-electron chi connectivity index (χ1n) is 8.28. The largest absolute Gasteiger partial charge is 0.457 e. The van der Waals surface area contributed by atoms with E-state index >= 15 is 0 Å². The molecule has 3 aromatic carbocycles. The minimum absolute atomic E-state index is 0.784. The number of nitrogens with one attached hydrogen (secondary N) is 2. The van der Waals surface area contributed by atoms with Gasteiger partial charge in [-0.3, -0.25) is 0 Å². The molecule has 2 N–H and O–H groups in total. The van der Waals surface area contributed by atoms with E-state index in [2.05, 4.69) is 10.6 Å². The van der Waals surface area contributed by atoms with Gasteiger partial charge in [0.1, 0.15) is 11.5 Å². The van der Waals surface area contributed by atoms with Crippen molar-refractivity contribution in [2.45, 2.75) is 6.92 Å². The number of benzene rings is 3. The van der Waals surface area contributed by atoms with Crippen molar-refractivity contribution in [1.82, 2.24) is 0 Å². The zero-order valence-corrected chi connectivity index (χ0v) is 14.9. The smallest absolute Gasteiger partial charge is 0.127 e. The summed E-state index contributed by atoms with van der Waals surface area (Å²) in [4.78, 5) is 0. The van der Waals surface area contributed by atoms with Crippen LogP contribution in [0.1, 0.15) is 5.56 Å². The van der Waals surface area contributed by atoms with Gasteiger partial charge in [-0.2, -0.15) is 0 Å². The number of hydrogen-bond acceptors (Lipinski definition) is 3. The van der Waals surface area contributed by atoms with E-state index in [1.54, 1.807) is 0 Å². The Kier molecular flexibility index (Phi) is 5.81. The van der Waals surface area contributed by atoms with Gasteiger partial charge in [-0.1, -0.05) is 35.9 Å². The van der Waals surface area contributed by atoms with Crippen LogP contribution in [0.3, 0.4) is 0 Å². The third kappa shape index (κ3) is 4.91. The maximum absolute atomic E-state index is 6.13. The second kappa shape index (κ2) is 8.45. The molecule has 4 heteroatoms. The van der Waals surface area contributed by atoms with E-state index in [9.17, 15) is 0 Å². The minimum Gasteiger partial charge on any atom is -0.457 e. The normalized spacial score (nSPS) is 10.3. The highest BCUT2D eigenvalue weighted by molar-refractivity contribution is 6.31. The van der Waals surface area contributed by atoms with E-state index in [0.717, 1.165) is 46.5 Å². The summed E-state index contributed by atoms with van der Waals surface area (Å²) in [6, 6.07) is 23.6. The molecule has 0 fully saturated rings. The molecule has 128 valence electrons. The molecule has 0 aliphatic heterocycles. The van der Waals surface area contributed by atoms with Crippen LogP contribution in [0.5, 0.6) is 11.5 Å². The monoisotopic (exact) mass is 352 g/mol. The van der Waals surface area contributed by atoms with Gasteiger partial charge in [-0.05, 0) is 61.0 Å². The molecule has 0 unspecified atom stereocenters. The average molecular weight is 353 g/mol. The van der Waals surface area contributed by atoms with Crippen LogP contribution in [0.2, 0.25) is 5.02 Å². The molecule has 0 atom stereocenters. The molecule has 0 saturated heterocycles. The third-order valence-corrected chi connectivity index (χ3v) is 4.28. The van der Waals surface area contributed by atoms with E-state index in [-0.39, 0.29) is 0 Å². The summed E-state index contributed by atoms with van der Waals surface area (Å²) >= 11 is 6.13. The van der Waals surface area contributed by atoms with Crippen LogP contribution < -0.4 is 15.4 Å². The number of anilines is 2. The maximum Gasteiger partial charge on any atom is 0.127 e. The van der Waals surface area contributed by atoms with E-state index in [4.69, 9.17) is 16.3 Å². The highest BCUT2D eigenvalue weighted by Gasteiger charge is 2.01. The summed E-state index contributed by atoms with van der Waals surface area (Å²) in [6.45, 7) is 3.64. The minimum atomic E-state index is 0.784. The number of ether oxygens (including phenoxy) is 1. The standard InChI is InChI=1S/C21H21ClN2O/c1-16-20(22)8-5-9-21(16)24-15-14-23-17-10-12-19(13-11-17)25-18-6-3-2-4-7-18/h2-13,23-24H,14-15H2,1H3. The lowest BCUT2D eigenvalue weighted by molar-refractivity contribution is 0.483. The second-order valence-electron chi connectivity index (χ2n) is 5.71. The molecular weight excluding hydrogens is 332 g/mol. The first kappa shape index (κ1) is 17.2. The molecule has 0 aliphatic rings. The Morgan fingerprint density at radius 1 is 0.760 bits per heavy atom. The van der Waals surface area contributed by atoms with Crippen molar-refractivity contribution in [3.8, 4) is 11.5 Å². The van der Waals surface area contributed by atoms with Gasteiger partial charge in [0, 0.05) is 29.5 Å². The Balaban J connectivity index is 1.46. The number of rotatable bonds is 7. The fourth-order valence-corrected chi connectivity index (χ4v) is 2.64. The van der Waals surface area contributed by atoms with Crippen LogP contribution in [-0.4, -0.2) is 13.1 Å². The Morgan fingerprint density at radius 2 is 1.44 bits per heavy atom. The van der Waals surface area contributed by atoms with Crippen LogP contribution >= 0.6 is 11.6 Å². The zero-order chi connectivity index (χ0) is 17.5. The van der Waals surface area contributed by atoms with Crippen molar-refractivity contribution >= 4 is 23.0 Å². The van der Waals surface area contributed by atoms with Crippen LogP contribution in [-0.2, 0) is 0 Å². The van der Waals surface area contributed by atoms with Crippen LogP contribution in [0, 0.1) is 6.92 Å². The van der Waals surface area contributed by atoms with Gasteiger partial charge in [0.05, 0.1) is 0 Å². The molecule has 0 saturated carbocycles. The SMILES string of the molecule is Cc1c(Cl)cccc1NCCNc1ccc(Oc2ccccc2)cc1. The van der Waals surface area contributed by atoms with Gasteiger partial charge in [-0.15, -0.1) is 0 Å². The quantitative estimate of drug-likeness (QED) is 0.514. The summed E-state index contributed by atoms with van der Waals surface area (Å²) < 4.78 is 5.79. The van der Waals surface area contributed by atoms with Crippen molar-refractivity contribution in [2.24, 2.45) is 0 Å². The Hall–Kier alpha value is -2.65. The molecule has 0 amide bonds. The fourth-order valence-electron chi connectivity index (χ4n) is 2.47. The van der Waals surface area contributed by atoms with Gasteiger partial charge in [0.2, 0.25) is 0 Å². The zero-order valence-electron chi connectivity index (χ0n) is 14.1. The first-order chi connectivity index (χ1) is 12.2. The van der Waals surface area contributed by atoms with Gasteiger partial charge in [-0.25, -0.2) is 0 Å². The predicted octanol–water partition coefficient (Wildman–Crippen LogP) is 5.96. The lowest BCUT2D eigenvalue weighted by Gasteiger charge is -2.12. The van der Waals surface area contributed by atoms with E-state index < -0.39 is 0 Å². The molecule has 3 aromatic rings. The van der Waals surface area contributed by atoms with Crippen LogP contribution in [0.15, 0.2) is 72.8 Å². The molecule has 0 heterocycles. The Morgan fingerprint density at radius 3 is 2.20 bits per heavy atom. The fraction of sp³-hybridized carbons (Fsp3) is 0.143. The summed E-state index contributed by atoms with van der Waals surface area (Å²) in [5, 5.41) is 7.57. The van der Waals surface area contributed by atoms with Crippen molar-refractivity contribution in [3.63, 3.8) is 0 Å². The number of para-hydroxylation sites is 1. The van der Waals surface area contributed by atoms with Crippen molar-refractivity contribution in [3.05, 3.63) is 83.4 Å². The maximum atomic E-state index is 6.13. The number of hydrogen-bond donors (Lipinski definition) is 2. The molecule has 3 nitrogen and oxygen atoms in total. The first-order valence-corrected chi connectivity index (χ1v) is 8.66. The Labute approximate surface area is 153 Å². The van der Waals surface area contributed by atoms with E-state index in [1.807, 2.05) is 79.7 Å².